The third-order valence-corrected chi connectivity index (χ3v) is 3.74. The monoisotopic (exact) mass is 209 g/mol. The molecule has 1 fully saturated rings. The summed E-state index contributed by atoms with van der Waals surface area (Å²) in [6, 6.07) is 0. The molecule has 3 nitrogen and oxygen atoms in total. The van der Waals surface area contributed by atoms with Crippen LogP contribution in [0.2, 0.25) is 0 Å². The Morgan fingerprint density at radius 1 is 1.14 bits per heavy atom. The van der Waals surface area contributed by atoms with Gasteiger partial charge in [-0.25, -0.2) is 9.97 Å². The van der Waals surface area contributed by atoms with Crippen molar-refractivity contribution >= 4 is 17.6 Å². The van der Waals surface area contributed by atoms with Crippen LogP contribution in [0.1, 0.15) is 32.1 Å². The summed E-state index contributed by atoms with van der Waals surface area (Å²) in [4.78, 5) is 8.29. The van der Waals surface area contributed by atoms with Gasteiger partial charge in [-0.3, -0.25) is 0 Å². The van der Waals surface area contributed by atoms with Gasteiger partial charge >= 0.3 is 0 Å². The molecule has 0 amide bonds. The maximum atomic E-state index is 5.48. The zero-order valence-electron chi connectivity index (χ0n) is 8.15. The van der Waals surface area contributed by atoms with E-state index in [2.05, 4.69) is 9.97 Å². The number of hydrogen-bond acceptors (Lipinski definition) is 4. The van der Waals surface area contributed by atoms with Gasteiger partial charge in [0.2, 0.25) is 0 Å². The quantitative estimate of drug-likeness (QED) is 0.813. The average molecular weight is 209 g/mol. The lowest BCUT2D eigenvalue weighted by molar-refractivity contribution is 0.515. The van der Waals surface area contributed by atoms with Gasteiger partial charge in [-0.15, -0.1) is 11.8 Å². The van der Waals surface area contributed by atoms with Crippen LogP contribution in [0, 0.1) is 0 Å². The Hall–Kier alpha value is -0.770. The first-order valence-corrected chi connectivity index (χ1v) is 5.97. The molecule has 76 valence electrons. The first kappa shape index (κ1) is 9.77. The van der Waals surface area contributed by atoms with E-state index in [0.717, 1.165) is 10.3 Å². The van der Waals surface area contributed by atoms with Gasteiger partial charge in [0.25, 0.3) is 0 Å². The molecule has 0 spiro atoms. The normalized spacial score (nSPS) is 18.3. The minimum Gasteiger partial charge on any atom is -0.382 e. The van der Waals surface area contributed by atoms with Crippen LogP contribution in [0.25, 0.3) is 0 Å². The maximum absolute atomic E-state index is 5.48. The largest absolute Gasteiger partial charge is 0.382 e. The van der Waals surface area contributed by atoms with Crippen molar-refractivity contribution in [3.8, 4) is 0 Å². The molecule has 0 saturated heterocycles. The van der Waals surface area contributed by atoms with E-state index in [0.29, 0.717) is 5.82 Å². The van der Waals surface area contributed by atoms with Crippen molar-refractivity contribution < 1.29 is 0 Å². The number of hydrogen-bond donors (Lipinski definition) is 1. The summed E-state index contributed by atoms with van der Waals surface area (Å²) in [5, 5.41) is 1.74. The molecule has 1 aliphatic carbocycles. The molecule has 2 N–H and O–H groups in total. The zero-order valence-corrected chi connectivity index (χ0v) is 8.96. The fourth-order valence-corrected chi connectivity index (χ4v) is 2.88. The summed E-state index contributed by atoms with van der Waals surface area (Å²) < 4.78 is 0. The van der Waals surface area contributed by atoms with E-state index < -0.39 is 0 Å². The molecule has 1 heterocycles. The van der Waals surface area contributed by atoms with Gasteiger partial charge in [0.15, 0.2) is 0 Å². The van der Waals surface area contributed by atoms with Crippen LogP contribution in [0.3, 0.4) is 0 Å². The first-order chi connectivity index (χ1) is 6.84. The number of aromatic nitrogens is 2. The molecule has 1 saturated carbocycles. The van der Waals surface area contributed by atoms with Gasteiger partial charge in [-0.05, 0) is 12.8 Å². The van der Waals surface area contributed by atoms with Crippen molar-refractivity contribution in [3.05, 3.63) is 12.4 Å². The van der Waals surface area contributed by atoms with Crippen LogP contribution in [0.4, 0.5) is 5.82 Å². The Labute approximate surface area is 88.5 Å². The predicted octanol–water partition coefficient (Wildman–Crippen LogP) is 2.48. The van der Waals surface area contributed by atoms with E-state index in [9.17, 15) is 0 Å². The second-order valence-corrected chi connectivity index (χ2v) is 4.98. The second-order valence-electron chi connectivity index (χ2n) is 3.66. The van der Waals surface area contributed by atoms with Gasteiger partial charge in [-0.1, -0.05) is 19.3 Å². The maximum Gasteiger partial charge on any atom is 0.141 e. The molecule has 0 atom stereocenters. The lowest BCUT2D eigenvalue weighted by Crippen LogP contribution is -2.08. The predicted molar refractivity (Wildman–Crippen MR) is 59.2 cm³/mol. The average Bonchev–Trinajstić information content (AvgIpc) is 2.23. The van der Waals surface area contributed by atoms with Crippen molar-refractivity contribution in [1.82, 2.24) is 9.97 Å². The molecule has 1 aromatic rings. The Morgan fingerprint density at radius 3 is 2.57 bits per heavy atom. The highest BCUT2D eigenvalue weighted by atomic mass is 32.2. The van der Waals surface area contributed by atoms with Gasteiger partial charge in [0.05, 0.1) is 12.4 Å². The number of rotatable bonds is 2. The zero-order chi connectivity index (χ0) is 9.80. The topological polar surface area (TPSA) is 51.8 Å². The van der Waals surface area contributed by atoms with Gasteiger partial charge in [0.1, 0.15) is 10.8 Å². The standard InChI is InChI=1S/C10H15N3S/c11-9-6-13-10(7-12-9)14-8-4-2-1-3-5-8/h6-8H,1-5H2,(H2,11,12). The van der Waals surface area contributed by atoms with E-state index in [1.165, 1.54) is 32.1 Å². The minimum absolute atomic E-state index is 0.498. The number of thioether (sulfide) groups is 1. The smallest absolute Gasteiger partial charge is 0.141 e. The van der Waals surface area contributed by atoms with Gasteiger partial charge in [-0.2, -0.15) is 0 Å². The summed E-state index contributed by atoms with van der Waals surface area (Å²) in [6.45, 7) is 0. The van der Waals surface area contributed by atoms with Crippen molar-refractivity contribution in [2.45, 2.75) is 42.4 Å². The van der Waals surface area contributed by atoms with Gasteiger partial charge in [0, 0.05) is 5.25 Å². The summed E-state index contributed by atoms with van der Waals surface area (Å²) in [5.74, 6) is 0.498. The molecule has 0 aromatic carbocycles. The molecule has 2 rings (SSSR count). The third kappa shape index (κ3) is 2.61. The summed E-state index contributed by atoms with van der Waals surface area (Å²) >= 11 is 1.84. The highest BCUT2D eigenvalue weighted by Gasteiger charge is 2.14. The van der Waals surface area contributed by atoms with Crippen molar-refractivity contribution in [2.75, 3.05) is 5.73 Å². The molecule has 0 bridgehead atoms. The molecule has 0 radical (unpaired) electrons. The Bertz CT molecular complexity index is 280. The van der Waals surface area contributed by atoms with E-state index in [4.69, 9.17) is 5.73 Å². The van der Waals surface area contributed by atoms with E-state index >= 15 is 0 Å². The van der Waals surface area contributed by atoms with E-state index in [1.807, 2.05) is 11.8 Å². The third-order valence-electron chi connectivity index (χ3n) is 2.49. The fraction of sp³-hybridized carbons (Fsp3) is 0.600. The SMILES string of the molecule is Nc1cnc(SC2CCCCC2)cn1. The van der Waals surface area contributed by atoms with Crippen molar-refractivity contribution in [2.24, 2.45) is 0 Å². The lowest BCUT2D eigenvalue weighted by atomic mass is 10.0. The molecule has 14 heavy (non-hydrogen) atoms. The fourth-order valence-electron chi connectivity index (χ4n) is 1.74. The summed E-state index contributed by atoms with van der Waals surface area (Å²) in [7, 11) is 0. The van der Waals surface area contributed by atoms with Crippen LogP contribution >= 0.6 is 11.8 Å². The van der Waals surface area contributed by atoms with Crippen LogP contribution in [0.15, 0.2) is 17.4 Å². The Morgan fingerprint density at radius 2 is 1.93 bits per heavy atom. The number of anilines is 1. The van der Waals surface area contributed by atoms with Crippen molar-refractivity contribution in [1.29, 1.82) is 0 Å². The number of nitrogens with two attached hydrogens (primary N) is 1. The summed E-state index contributed by atoms with van der Waals surface area (Å²) in [5.41, 5.74) is 5.48. The van der Waals surface area contributed by atoms with Crippen LogP contribution < -0.4 is 5.73 Å². The second kappa shape index (κ2) is 4.64. The molecule has 0 aliphatic heterocycles. The van der Waals surface area contributed by atoms with Gasteiger partial charge < -0.3 is 5.73 Å². The number of nitrogens with zero attached hydrogens (tertiary/aromatic N) is 2. The Kier molecular flexibility index (Phi) is 3.24. The summed E-state index contributed by atoms with van der Waals surface area (Å²) in [6.07, 6.45) is 10.2. The van der Waals surface area contributed by atoms with Crippen LogP contribution in [-0.2, 0) is 0 Å². The first-order valence-electron chi connectivity index (χ1n) is 5.09. The highest BCUT2D eigenvalue weighted by molar-refractivity contribution is 7.99. The lowest BCUT2D eigenvalue weighted by Gasteiger charge is -2.20. The molecule has 0 unspecified atom stereocenters. The minimum atomic E-state index is 0.498. The van der Waals surface area contributed by atoms with Crippen molar-refractivity contribution in [3.63, 3.8) is 0 Å². The molecule has 1 aliphatic rings. The molecule has 4 heteroatoms. The molecule has 1 aromatic heterocycles. The highest BCUT2D eigenvalue weighted by Crippen LogP contribution is 2.32. The Balaban J connectivity index is 1.92. The van der Waals surface area contributed by atoms with Crippen LogP contribution in [0.5, 0.6) is 0 Å². The van der Waals surface area contributed by atoms with E-state index in [-0.39, 0.29) is 0 Å². The number of nitrogen functional groups attached to an aromatic ring is 1. The van der Waals surface area contributed by atoms with Crippen LogP contribution in [-0.4, -0.2) is 15.2 Å². The molecular formula is C10H15N3S. The molecular weight excluding hydrogens is 194 g/mol. The van der Waals surface area contributed by atoms with E-state index in [1.54, 1.807) is 12.4 Å².